The summed E-state index contributed by atoms with van der Waals surface area (Å²) in [5.41, 5.74) is 1.95. The molecule has 44 heavy (non-hydrogen) atoms. The number of halogens is 4. The Balaban J connectivity index is 1.16. The van der Waals surface area contributed by atoms with Gasteiger partial charge in [0.1, 0.15) is 16.5 Å². The summed E-state index contributed by atoms with van der Waals surface area (Å²) in [6.45, 7) is 2.51. The Labute approximate surface area is 265 Å². The lowest BCUT2D eigenvalue weighted by Crippen LogP contribution is -2.48. The number of amides is 1. The van der Waals surface area contributed by atoms with Crippen LogP contribution in [0, 0.1) is 0 Å². The van der Waals surface area contributed by atoms with Gasteiger partial charge in [-0.1, -0.05) is 65.8 Å². The second-order valence-electron chi connectivity index (χ2n) is 10.1. The third kappa shape index (κ3) is 6.92. The Morgan fingerprint density at radius 3 is 2.41 bits per heavy atom. The van der Waals surface area contributed by atoms with E-state index in [1.165, 1.54) is 29.2 Å². The molecule has 0 atom stereocenters. The molecule has 0 spiro atoms. The number of hydrogen-bond acceptors (Lipinski definition) is 7. The predicted molar refractivity (Wildman–Crippen MR) is 167 cm³/mol. The minimum atomic E-state index is -4.48. The van der Waals surface area contributed by atoms with Crippen molar-refractivity contribution in [2.75, 3.05) is 31.1 Å². The topological polar surface area (TPSA) is 67.2 Å². The summed E-state index contributed by atoms with van der Waals surface area (Å²) in [7, 11) is 0. The Morgan fingerprint density at radius 2 is 1.66 bits per heavy atom. The largest absolute Gasteiger partial charge is 0.416 e. The SMILES string of the molecule is O=C(c1csc(CSc2nnc(Cc3ccccc3)n2-c2cccc(C(F)(F)F)c2)n1)N1CCN(c2cccc(Cl)c2)CC1. The predicted octanol–water partition coefficient (Wildman–Crippen LogP) is 7.24. The first-order valence-electron chi connectivity index (χ1n) is 13.8. The minimum absolute atomic E-state index is 0.125. The van der Waals surface area contributed by atoms with Crippen LogP contribution in [0.5, 0.6) is 0 Å². The van der Waals surface area contributed by atoms with Crippen molar-refractivity contribution in [1.82, 2.24) is 24.6 Å². The fraction of sp³-hybridized carbons (Fsp3) is 0.226. The maximum atomic E-state index is 13.5. The number of benzene rings is 3. The fourth-order valence-electron chi connectivity index (χ4n) is 4.97. The number of piperazine rings is 1. The van der Waals surface area contributed by atoms with Gasteiger partial charge in [0, 0.05) is 48.7 Å². The molecule has 0 bridgehead atoms. The second-order valence-corrected chi connectivity index (χ2v) is 12.4. The van der Waals surface area contributed by atoms with Crippen molar-refractivity contribution in [2.45, 2.75) is 23.5 Å². The van der Waals surface area contributed by atoms with Crippen LogP contribution < -0.4 is 4.90 Å². The fourth-order valence-corrected chi connectivity index (χ4v) is 6.91. The molecule has 1 saturated heterocycles. The van der Waals surface area contributed by atoms with Gasteiger partial charge in [-0.15, -0.1) is 21.5 Å². The van der Waals surface area contributed by atoms with E-state index in [2.05, 4.69) is 20.1 Å². The third-order valence-corrected chi connectivity index (χ3v) is 9.38. The maximum absolute atomic E-state index is 13.5. The van der Waals surface area contributed by atoms with Gasteiger partial charge in [-0.25, -0.2) is 4.98 Å². The molecule has 7 nitrogen and oxygen atoms in total. The number of rotatable bonds is 8. The summed E-state index contributed by atoms with van der Waals surface area (Å²) < 4.78 is 42.3. The normalized spacial score (nSPS) is 13.8. The van der Waals surface area contributed by atoms with Crippen LogP contribution in [0.2, 0.25) is 5.02 Å². The highest BCUT2D eigenvalue weighted by Gasteiger charge is 2.31. The average molecular weight is 655 g/mol. The molecule has 3 heterocycles. The van der Waals surface area contributed by atoms with Crippen LogP contribution in [0.25, 0.3) is 5.69 Å². The van der Waals surface area contributed by atoms with E-state index in [-0.39, 0.29) is 5.91 Å². The van der Waals surface area contributed by atoms with E-state index in [9.17, 15) is 18.0 Å². The van der Waals surface area contributed by atoms with Crippen LogP contribution in [0.15, 0.2) is 89.4 Å². The molecule has 0 aliphatic carbocycles. The summed E-state index contributed by atoms with van der Waals surface area (Å²) in [5, 5.41) is 12.2. The highest BCUT2D eigenvalue weighted by atomic mass is 35.5. The number of hydrogen-bond donors (Lipinski definition) is 0. The molecule has 1 aliphatic rings. The highest BCUT2D eigenvalue weighted by Crippen LogP contribution is 2.33. The molecule has 1 fully saturated rings. The lowest BCUT2D eigenvalue weighted by Gasteiger charge is -2.35. The number of aromatic nitrogens is 4. The minimum Gasteiger partial charge on any atom is -0.368 e. The summed E-state index contributed by atoms with van der Waals surface area (Å²) in [6, 6.07) is 22.4. The molecule has 6 rings (SSSR count). The number of carbonyl (C=O) groups excluding carboxylic acids is 1. The first-order chi connectivity index (χ1) is 21.2. The first-order valence-corrected chi connectivity index (χ1v) is 16.0. The summed E-state index contributed by atoms with van der Waals surface area (Å²) in [5.74, 6) is 0.772. The molecule has 0 saturated carbocycles. The van der Waals surface area contributed by atoms with Crippen LogP contribution in [0.3, 0.4) is 0 Å². The third-order valence-electron chi connectivity index (χ3n) is 7.17. The van der Waals surface area contributed by atoms with Gasteiger partial charge < -0.3 is 9.80 Å². The molecule has 1 amide bonds. The number of nitrogens with zero attached hydrogens (tertiary/aromatic N) is 6. The van der Waals surface area contributed by atoms with Crippen molar-refractivity contribution >= 4 is 46.3 Å². The molecule has 1 aliphatic heterocycles. The number of alkyl halides is 3. The molecule has 226 valence electrons. The van der Waals surface area contributed by atoms with Gasteiger partial charge in [0.25, 0.3) is 5.91 Å². The van der Waals surface area contributed by atoms with Crippen molar-refractivity contribution in [3.63, 3.8) is 0 Å². The number of anilines is 1. The molecule has 5 aromatic rings. The van der Waals surface area contributed by atoms with Crippen molar-refractivity contribution in [3.05, 3.63) is 117 Å². The second kappa shape index (κ2) is 13.0. The van der Waals surface area contributed by atoms with E-state index in [0.717, 1.165) is 23.4 Å². The Hall–Kier alpha value is -3.87. The zero-order valence-electron chi connectivity index (χ0n) is 23.2. The number of thiazole rings is 1. The van der Waals surface area contributed by atoms with Crippen molar-refractivity contribution in [3.8, 4) is 5.69 Å². The molecule has 0 N–H and O–H groups in total. The van der Waals surface area contributed by atoms with E-state index < -0.39 is 11.7 Å². The standard InChI is InChI=1S/C31H26ClF3N6OS2/c32-23-9-5-10-24(18-23)39-12-14-40(15-13-39)29(42)26-19-43-28(36-26)20-44-30-38-37-27(16-21-6-2-1-3-7-21)41(30)25-11-4-8-22(17-25)31(33,34)35/h1-11,17-19H,12-16,20H2. The molecule has 0 radical (unpaired) electrons. The number of carbonyl (C=O) groups is 1. The molecule has 0 unspecified atom stereocenters. The van der Waals surface area contributed by atoms with Crippen LogP contribution in [0.4, 0.5) is 18.9 Å². The van der Waals surface area contributed by atoms with Crippen LogP contribution in [-0.4, -0.2) is 56.7 Å². The van der Waals surface area contributed by atoms with E-state index >= 15 is 0 Å². The van der Waals surface area contributed by atoms with Crippen LogP contribution in [-0.2, 0) is 18.3 Å². The van der Waals surface area contributed by atoms with Gasteiger partial charge in [0.2, 0.25) is 0 Å². The van der Waals surface area contributed by atoms with E-state index in [0.29, 0.717) is 70.7 Å². The highest BCUT2D eigenvalue weighted by molar-refractivity contribution is 7.98. The smallest absolute Gasteiger partial charge is 0.368 e. The van der Waals surface area contributed by atoms with E-state index in [1.54, 1.807) is 20.9 Å². The van der Waals surface area contributed by atoms with Crippen LogP contribution >= 0.6 is 34.7 Å². The van der Waals surface area contributed by atoms with Gasteiger partial charge >= 0.3 is 6.18 Å². The van der Waals surface area contributed by atoms with Crippen LogP contribution in [0.1, 0.15) is 32.4 Å². The molecule has 2 aromatic heterocycles. The number of thioether (sulfide) groups is 1. The van der Waals surface area contributed by atoms with Gasteiger partial charge in [0.05, 0.1) is 17.0 Å². The van der Waals surface area contributed by atoms with Crippen molar-refractivity contribution < 1.29 is 18.0 Å². The van der Waals surface area contributed by atoms with Gasteiger partial charge in [-0.2, -0.15) is 13.2 Å². The average Bonchev–Trinajstić information content (AvgIpc) is 3.67. The Kier molecular flexibility index (Phi) is 8.92. The summed E-state index contributed by atoms with van der Waals surface area (Å²) >= 11 is 8.82. The summed E-state index contributed by atoms with van der Waals surface area (Å²) in [4.78, 5) is 21.8. The van der Waals surface area contributed by atoms with Gasteiger partial charge in [-0.3, -0.25) is 9.36 Å². The van der Waals surface area contributed by atoms with E-state index in [4.69, 9.17) is 11.6 Å². The Morgan fingerprint density at radius 1 is 0.909 bits per heavy atom. The maximum Gasteiger partial charge on any atom is 0.416 e. The first kappa shape index (κ1) is 30.2. The van der Waals surface area contributed by atoms with E-state index in [1.807, 2.05) is 54.6 Å². The molecular formula is C31H26ClF3N6OS2. The quantitative estimate of drug-likeness (QED) is 0.164. The monoisotopic (exact) mass is 654 g/mol. The zero-order valence-corrected chi connectivity index (χ0v) is 25.6. The zero-order chi connectivity index (χ0) is 30.7. The van der Waals surface area contributed by atoms with Gasteiger partial charge in [-0.05, 0) is 42.0 Å². The molecular weight excluding hydrogens is 629 g/mol. The van der Waals surface area contributed by atoms with Gasteiger partial charge in [0.15, 0.2) is 5.16 Å². The summed E-state index contributed by atoms with van der Waals surface area (Å²) in [6.07, 6.45) is -4.09. The lowest BCUT2D eigenvalue weighted by molar-refractivity contribution is -0.137. The van der Waals surface area contributed by atoms with Crippen molar-refractivity contribution in [2.24, 2.45) is 0 Å². The van der Waals surface area contributed by atoms with Crippen molar-refractivity contribution in [1.29, 1.82) is 0 Å². The Bertz CT molecular complexity index is 1750. The molecule has 3 aromatic carbocycles. The lowest BCUT2D eigenvalue weighted by atomic mass is 10.1. The molecule has 13 heteroatoms.